The zero-order chi connectivity index (χ0) is 16.9. The van der Waals surface area contributed by atoms with E-state index in [1.165, 1.54) is 11.6 Å². The number of alkyl halides is 3. The minimum absolute atomic E-state index is 0. The molecule has 0 bridgehead atoms. The van der Waals surface area contributed by atoms with Gasteiger partial charge in [0.1, 0.15) is 0 Å². The molecule has 0 saturated heterocycles. The zero-order valence-electron chi connectivity index (χ0n) is 13.5. The second-order valence-corrected chi connectivity index (χ2v) is 5.82. The molecule has 134 valence electrons. The molecule has 24 heavy (non-hydrogen) atoms. The molecular formula is C17H22ClF3N2O. The highest BCUT2D eigenvalue weighted by molar-refractivity contribution is 5.85. The first-order chi connectivity index (χ1) is 10.9. The van der Waals surface area contributed by atoms with Crippen molar-refractivity contribution in [1.29, 1.82) is 0 Å². The standard InChI is InChI=1S/C17H21F3N2O.ClH/c1-12(14-3-2-4-15(10-14)17(18,19)20)9-16(23)22-11-13-5-7-21-8-6-13;/h2-5,10,12,21H,6-9,11H2,1H3,(H,22,23);1H. The fourth-order valence-corrected chi connectivity index (χ4v) is 2.53. The van der Waals surface area contributed by atoms with Gasteiger partial charge < -0.3 is 10.6 Å². The Morgan fingerprint density at radius 1 is 1.38 bits per heavy atom. The second-order valence-electron chi connectivity index (χ2n) is 5.82. The molecule has 1 aliphatic heterocycles. The molecule has 3 nitrogen and oxygen atoms in total. The maximum Gasteiger partial charge on any atom is 0.416 e. The number of halogens is 4. The molecule has 0 spiro atoms. The number of rotatable bonds is 5. The number of amides is 1. The predicted molar refractivity (Wildman–Crippen MR) is 90.3 cm³/mol. The van der Waals surface area contributed by atoms with E-state index in [0.29, 0.717) is 12.1 Å². The van der Waals surface area contributed by atoms with E-state index in [2.05, 4.69) is 16.7 Å². The summed E-state index contributed by atoms with van der Waals surface area (Å²) in [5.74, 6) is -0.409. The molecule has 1 unspecified atom stereocenters. The fourth-order valence-electron chi connectivity index (χ4n) is 2.53. The van der Waals surface area contributed by atoms with E-state index in [1.807, 2.05) is 0 Å². The van der Waals surface area contributed by atoms with Gasteiger partial charge in [-0.3, -0.25) is 4.79 Å². The van der Waals surface area contributed by atoms with E-state index in [-0.39, 0.29) is 30.7 Å². The zero-order valence-corrected chi connectivity index (χ0v) is 14.3. The van der Waals surface area contributed by atoms with Crippen LogP contribution in [0.15, 0.2) is 35.9 Å². The number of hydrogen-bond donors (Lipinski definition) is 2. The summed E-state index contributed by atoms with van der Waals surface area (Å²) in [6.45, 7) is 3.99. The van der Waals surface area contributed by atoms with Crippen LogP contribution in [-0.4, -0.2) is 25.5 Å². The summed E-state index contributed by atoms with van der Waals surface area (Å²) in [4.78, 5) is 12.0. The first kappa shape index (κ1) is 20.5. The molecule has 1 aromatic rings. The van der Waals surface area contributed by atoms with Crippen LogP contribution in [0, 0.1) is 0 Å². The molecule has 1 aliphatic rings. The van der Waals surface area contributed by atoms with Crippen LogP contribution >= 0.6 is 12.4 Å². The first-order valence-electron chi connectivity index (χ1n) is 7.68. The summed E-state index contributed by atoms with van der Waals surface area (Å²) in [6.07, 6.45) is -1.23. The van der Waals surface area contributed by atoms with Crippen LogP contribution in [0.4, 0.5) is 13.2 Å². The summed E-state index contributed by atoms with van der Waals surface area (Å²) in [5.41, 5.74) is 1.03. The molecule has 7 heteroatoms. The highest BCUT2D eigenvalue weighted by Gasteiger charge is 2.30. The molecule has 1 atom stereocenters. The largest absolute Gasteiger partial charge is 0.416 e. The number of carbonyl (C=O) groups excluding carboxylic acids is 1. The Balaban J connectivity index is 0.00000288. The van der Waals surface area contributed by atoms with Gasteiger partial charge >= 0.3 is 6.18 Å². The van der Waals surface area contributed by atoms with Crippen molar-refractivity contribution in [3.63, 3.8) is 0 Å². The van der Waals surface area contributed by atoms with Gasteiger partial charge in [-0.05, 0) is 30.5 Å². The molecule has 1 heterocycles. The lowest BCUT2D eigenvalue weighted by Crippen LogP contribution is -2.30. The van der Waals surface area contributed by atoms with E-state index in [1.54, 1.807) is 13.0 Å². The van der Waals surface area contributed by atoms with Gasteiger partial charge in [-0.25, -0.2) is 0 Å². The lowest BCUT2D eigenvalue weighted by atomic mass is 9.95. The normalized spacial score (nSPS) is 15.9. The number of carbonyl (C=O) groups is 1. The van der Waals surface area contributed by atoms with E-state index >= 15 is 0 Å². The lowest BCUT2D eigenvalue weighted by Gasteiger charge is -2.17. The Bertz CT molecular complexity index is 587. The van der Waals surface area contributed by atoms with Crippen molar-refractivity contribution in [3.05, 3.63) is 47.0 Å². The number of benzene rings is 1. The minimum Gasteiger partial charge on any atom is -0.352 e. The highest BCUT2D eigenvalue weighted by atomic mass is 35.5. The third-order valence-corrected chi connectivity index (χ3v) is 3.95. The minimum atomic E-state index is -4.36. The van der Waals surface area contributed by atoms with Crippen molar-refractivity contribution in [2.24, 2.45) is 0 Å². The van der Waals surface area contributed by atoms with Crippen LogP contribution in [-0.2, 0) is 11.0 Å². The van der Waals surface area contributed by atoms with E-state index < -0.39 is 11.7 Å². The third kappa shape index (κ3) is 6.17. The van der Waals surface area contributed by atoms with Gasteiger partial charge in [0, 0.05) is 19.5 Å². The molecule has 0 fully saturated rings. The molecule has 1 aromatic carbocycles. The third-order valence-electron chi connectivity index (χ3n) is 3.95. The van der Waals surface area contributed by atoms with Crippen LogP contribution in [0.25, 0.3) is 0 Å². The highest BCUT2D eigenvalue weighted by Crippen LogP contribution is 2.31. The van der Waals surface area contributed by atoms with Crippen LogP contribution in [0.2, 0.25) is 0 Å². The van der Waals surface area contributed by atoms with Gasteiger partial charge in [-0.1, -0.05) is 36.8 Å². The average molecular weight is 363 g/mol. The van der Waals surface area contributed by atoms with Crippen molar-refractivity contribution in [2.45, 2.75) is 31.9 Å². The van der Waals surface area contributed by atoms with Crippen molar-refractivity contribution in [2.75, 3.05) is 19.6 Å². The Hall–Kier alpha value is -1.53. The van der Waals surface area contributed by atoms with Crippen LogP contribution < -0.4 is 10.6 Å². The summed E-state index contributed by atoms with van der Waals surface area (Å²) in [6, 6.07) is 5.17. The molecule has 2 rings (SSSR count). The Morgan fingerprint density at radius 2 is 2.12 bits per heavy atom. The monoisotopic (exact) mass is 362 g/mol. The van der Waals surface area contributed by atoms with E-state index in [0.717, 1.165) is 31.6 Å². The van der Waals surface area contributed by atoms with Gasteiger partial charge in [0.05, 0.1) is 5.56 Å². The lowest BCUT2D eigenvalue weighted by molar-refractivity contribution is -0.137. The smallest absolute Gasteiger partial charge is 0.352 e. The molecule has 0 saturated carbocycles. The molecular weight excluding hydrogens is 341 g/mol. The van der Waals surface area contributed by atoms with Crippen LogP contribution in [0.3, 0.4) is 0 Å². The Labute approximate surface area is 146 Å². The van der Waals surface area contributed by atoms with Gasteiger partial charge in [-0.15, -0.1) is 12.4 Å². The molecule has 0 aromatic heterocycles. The fraction of sp³-hybridized carbons (Fsp3) is 0.471. The van der Waals surface area contributed by atoms with Crippen molar-refractivity contribution in [1.82, 2.24) is 10.6 Å². The quantitative estimate of drug-likeness (QED) is 0.785. The Kier molecular flexibility index (Phi) is 7.76. The van der Waals surface area contributed by atoms with Crippen LogP contribution in [0.1, 0.15) is 36.8 Å². The topological polar surface area (TPSA) is 41.1 Å². The summed E-state index contributed by atoms with van der Waals surface area (Å²) in [7, 11) is 0. The van der Waals surface area contributed by atoms with Crippen molar-refractivity contribution in [3.8, 4) is 0 Å². The van der Waals surface area contributed by atoms with Crippen molar-refractivity contribution >= 4 is 18.3 Å². The molecule has 0 radical (unpaired) electrons. The summed E-state index contributed by atoms with van der Waals surface area (Å²) in [5, 5.41) is 6.03. The molecule has 1 amide bonds. The maximum absolute atomic E-state index is 12.7. The van der Waals surface area contributed by atoms with Gasteiger partial charge in [0.2, 0.25) is 5.91 Å². The molecule has 0 aliphatic carbocycles. The van der Waals surface area contributed by atoms with E-state index in [4.69, 9.17) is 0 Å². The number of hydrogen-bond acceptors (Lipinski definition) is 2. The van der Waals surface area contributed by atoms with E-state index in [9.17, 15) is 18.0 Å². The Morgan fingerprint density at radius 3 is 2.75 bits per heavy atom. The maximum atomic E-state index is 12.7. The van der Waals surface area contributed by atoms with Crippen molar-refractivity contribution < 1.29 is 18.0 Å². The van der Waals surface area contributed by atoms with Gasteiger partial charge in [0.15, 0.2) is 0 Å². The SMILES string of the molecule is CC(CC(=O)NCC1=CCNCC1)c1cccc(C(F)(F)F)c1.Cl. The number of nitrogens with one attached hydrogen (secondary N) is 2. The first-order valence-corrected chi connectivity index (χ1v) is 7.68. The van der Waals surface area contributed by atoms with Gasteiger partial charge in [-0.2, -0.15) is 13.2 Å². The second kappa shape index (κ2) is 9.08. The van der Waals surface area contributed by atoms with Crippen LogP contribution in [0.5, 0.6) is 0 Å². The molecule has 2 N–H and O–H groups in total. The van der Waals surface area contributed by atoms with Gasteiger partial charge in [0.25, 0.3) is 0 Å². The predicted octanol–water partition coefficient (Wildman–Crippen LogP) is 3.66. The summed E-state index contributed by atoms with van der Waals surface area (Å²) < 4.78 is 38.2. The summed E-state index contributed by atoms with van der Waals surface area (Å²) >= 11 is 0. The average Bonchev–Trinajstić information content (AvgIpc) is 2.53.